The molecule has 0 saturated heterocycles. The number of carbonyl (C=O) groups excluding carboxylic acids is 1. The molecule has 0 bridgehead atoms. The molecule has 0 unspecified atom stereocenters. The molecule has 2 aromatic carbocycles. The van der Waals surface area contributed by atoms with Crippen LogP contribution in [0.4, 0.5) is 5.13 Å². The Hall–Kier alpha value is -3.95. The normalized spacial score (nSPS) is 11.4. The minimum Gasteiger partial charge on any atom is -0.497 e. The van der Waals surface area contributed by atoms with E-state index in [9.17, 15) is 18.5 Å². The predicted octanol–water partition coefficient (Wildman–Crippen LogP) is 2.95. The van der Waals surface area contributed by atoms with E-state index in [0.29, 0.717) is 41.8 Å². The topological polar surface area (TPSA) is 140 Å². The van der Waals surface area contributed by atoms with Gasteiger partial charge in [-0.25, -0.2) is 8.42 Å². The van der Waals surface area contributed by atoms with Gasteiger partial charge in [-0.2, -0.15) is 14.6 Å². The van der Waals surface area contributed by atoms with E-state index in [-0.39, 0.29) is 15.9 Å². The molecular weight excluding hydrogens is 480 g/mol. The van der Waals surface area contributed by atoms with Crippen LogP contribution >= 0.6 is 11.5 Å². The smallest absolute Gasteiger partial charge is 0.268 e. The fourth-order valence-electron chi connectivity index (χ4n) is 2.54. The summed E-state index contributed by atoms with van der Waals surface area (Å²) in [5.41, 5.74) is 0.417. The third kappa shape index (κ3) is 7.03. The van der Waals surface area contributed by atoms with Gasteiger partial charge in [-0.05, 0) is 48.0 Å². The highest BCUT2D eigenvalue weighted by atomic mass is 32.2. The number of rotatable bonds is 10. The van der Waals surface area contributed by atoms with Crippen molar-refractivity contribution in [3.05, 3.63) is 59.7 Å². The molecule has 1 aromatic heterocycles. The summed E-state index contributed by atoms with van der Waals surface area (Å²) < 4.78 is 42.9. The summed E-state index contributed by atoms with van der Waals surface area (Å²) in [5.74, 6) is 1.32. The van der Waals surface area contributed by atoms with Crippen LogP contribution in [0.15, 0.2) is 59.3 Å². The zero-order chi connectivity index (χ0) is 24.6. The standard InChI is InChI=1S/C22H20N4O6S2/c1-30-17-7-9-19(10-8-17)32-12-11-31-18-5-3-15(4-6-18)13-16(14-23)20(27)24-21-25-22(26-33-21)34(2,28)29/h3-10,13H,11-12H2,1-2H3,(H,24,25,26,27)/b16-13-. The van der Waals surface area contributed by atoms with Crippen LogP contribution in [0, 0.1) is 11.3 Å². The molecule has 10 nitrogen and oxygen atoms in total. The van der Waals surface area contributed by atoms with Gasteiger partial charge in [0.15, 0.2) is 0 Å². The zero-order valence-corrected chi connectivity index (χ0v) is 19.9. The molecule has 0 spiro atoms. The lowest BCUT2D eigenvalue weighted by molar-refractivity contribution is -0.112. The summed E-state index contributed by atoms with van der Waals surface area (Å²) >= 11 is 0.709. The average molecular weight is 501 g/mol. The molecule has 3 rings (SSSR count). The SMILES string of the molecule is COc1ccc(OCCOc2ccc(/C=C(/C#N)C(=O)Nc3nc(S(C)(=O)=O)ns3)cc2)cc1. The Morgan fingerprint density at radius 1 is 1.06 bits per heavy atom. The molecule has 0 aliphatic heterocycles. The van der Waals surface area contributed by atoms with Crippen molar-refractivity contribution in [1.82, 2.24) is 9.36 Å². The molecule has 0 fully saturated rings. The van der Waals surface area contributed by atoms with E-state index in [1.165, 1.54) is 6.08 Å². The van der Waals surface area contributed by atoms with E-state index < -0.39 is 15.7 Å². The van der Waals surface area contributed by atoms with Crippen LogP contribution in [0.3, 0.4) is 0 Å². The van der Waals surface area contributed by atoms with Crippen molar-refractivity contribution in [3.63, 3.8) is 0 Å². The largest absolute Gasteiger partial charge is 0.497 e. The van der Waals surface area contributed by atoms with Gasteiger partial charge in [-0.3, -0.25) is 10.1 Å². The van der Waals surface area contributed by atoms with E-state index in [0.717, 1.165) is 12.0 Å². The van der Waals surface area contributed by atoms with Gasteiger partial charge in [-0.1, -0.05) is 12.1 Å². The van der Waals surface area contributed by atoms with Gasteiger partial charge in [0.05, 0.1) is 7.11 Å². The minimum absolute atomic E-state index is 0.0211. The molecule has 0 aliphatic rings. The van der Waals surface area contributed by atoms with Crippen LogP contribution in [0.2, 0.25) is 0 Å². The molecule has 0 atom stereocenters. The van der Waals surface area contributed by atoms with Crippen LogP contribution in [0.5, 0.6) is 17.2 Å². The lowest BCUT2D eigenvalue weighted by Gasteiger charge is -2.09. The van der Waals surface area contributed by atoms with Gasteiger partial charge < -0.3 is 14.2 Å². The fourth-order valence-corrected chi connectivity index (χ4v) is 3.98. The molecule has 0 saturated carbocycles. The number of ether oxygens (including phenoxy) is 3. The van der Waals surface area contributed by atoms with Crippen LogP contribution in [-0.2, 0) is 14.6 Å². The molecule has 0 radical (unpaired) electrons. The fraction of sp³-hybridized carbons (Fsp3) is 0.182. The number of sulfone groups is 1. The maximum absolute atomic E-state index is 12.3. The summed E-state index contributed by atoms with van der Waals surface area (Å²) in [6, 6.07) is 15.8. The molecule has 0 aliphatic carbocycles. The van der Waals surface area contributed by atoms with Crippen molar-refractivity contribution >= 4 is 38.5 Å². The van der Waals surface area contributed by atoms with Crippen LogP contribution in [0.1, 0.15) is 5.56 Å². The minimum atomic E-state index is -3.59. The second-order valence-corrected chi connectivity index (χ2v) is 9.38. The van der Waals surface area contributed by atoms with E-state index >= 15 is 0 Å². The highest BCUT2D eigenvalue weighted by Crippen LogP contribution is 2.19. The summed E-state index contributed by atoms with van der Waals surface area (Å²) in [6.07, 6.45) is 2.35. The zero-order valence-electron chi connectivity index (χ0n) is 18.2. The lowest BCUT2D eigenvalue weighted by Crippen LogP contribution is -2.13. The van der Waals surface area contributed by atoms with E-state index in [1.54, 1.807) is 55.6 Å². The molecule has 3 aromatic rings. The van der Waals surface area contributed by atoms with E-state index in [2.05, 4.69) is 14.7 Å². The molecule has 1 N–H and O–H groups in total. The number of nitrogens with zero attached hydrogens (tertiary/aromatic N) is 3. The monoisotopic (exact) mass is 500 g/mol. The number of methoxy groups -OCH3 is 1. The number of nitriles is 1. The predicted molar refractivity (Wildman–Crippen MR) is 126 cm³/mol. The molecule has 176 valence electrons. The first kappa shape index (κ1) is 24.7. The Labute approximate surface area is 200 Å². The second-order valence-electron chi connectivity index (χ2n) is 6.72. The Morgan fingerprint density at radius 3 is 2.12 bits per heavy atom. The van der Waals surface area contributed by atoms with Gasteiger partial charge in [0.1, 0.15) is 42.1 Å². The van der Waals surface area contributed by atoms with Crippen LogP contribution in [0.25, 0.3) is 6.08 Å². The van der Waals surface area contributed by atoms with Crippen molar-refractivity contribution < 1.29 is 27.4 Å². The maximum Gasteiger partial charge on any atom is 0.268 e. The molecular formula is C22H20N4O6S2. The number of benzene rings is 2. The summed E-state index contributed by atoms with van der Waals surface area (Å²) in [5, 5.41) is 11.3. The number of anilines is 1. The van der Waals surface area contributed by atoms with Crippen molar-refractivity contribution in [3.8, 4) is 23.3 Å². The van der Waals surface area contributed by atoms with Gasteiger partial charge in [0.2, 0.25) is 15.0 Å². The number of aromatic nitrogens is 2. The Morgan fingerprint density at radius 2 is 1.62 bits per heavy atom. The molecule has 1 amide bonds. The highest BCUT2D eigenvalue weighted by molar-refractivity contribution is 7.90. The number of amides is 1. The summed E-state index contributed by atoms with van der Waals surface area (Å²) in [7, 11) is -1.99. The Balaban J connectivity index is 1.52. The highest BCUT2D eigenvalue weighted by Gasteiger charge is 2.17. The average Bonchev–Trinajstić information content (AvgIpc) is 3.30. The van der Waals surface area contributed by atoms with E-state index in [1.807, 2.05) is 6.07 Å². The van der Waals surface area contributed by atoms with Gasteiger partial charge in [0, 0.05) is 17.8 Å². The number of hydrogen-bond donors (Lipinski definition) is 1. The van der Waals surface area contributed by atoms with Gasteiger partial charge >= 0.3 is 0 Å². The maximum atomic E-state index is 12.3. The third-order valence-corrected chi connectivity index (χ3v) is 5.79. The Bertz CT molecular complexity index is 1310. The number of carbonyl (C=O) groups is 1. The van der Waals surface area contributed by atoms with Crippen molar-refractivity contribution in [2.45, 2.75) is 5.16 Å². The molecule has 1 heterocycles. The van der Waals surface area contributed by atoms with Crippen molar-refractivity contribution in [2.75, 3.05) is 31.9 Å². The van der Waals surface area contributed by atoms with Gasteiger partial charge in [-0.15, -0.1) is 0 Å². The van der Waals surface area contributed by atoms with Crippen LogP contribution < -0.4 is 19.5 Å². The van der Waals surface area contributed by atoms with E-state index in [4.69, 9.17) is 14.2 Å². The van der Waals surface area contributed by atoms with Crippen LogP contribution in [-0.4, -0.2) is 50.3 Å². The quantitative estimate of drug-likeness (QED) is 0.253. The lowest BCUT2D eigenvalue weighted by atomic mass is 10.1. The third-order valence-electron chi connectivity index (χ3n) is 4.20. The van der Waals surface area contributed by atoms with Gasteiger partial charge in [0.25, 0.3) is 11.1 Å². The molecule has 12 heteroatoms. The molecule has 34 heavy (non-hydrogen) atoms. The number of nitrogens with one attached hydrogen (secondary N) is 1. The second kappa shape index (κ2) is 11.3. The first-order valence-corrected chi connectivity index (χ1v) is 12.4. The number of hydrogen-bond acceptors (Lipinski definition) is 10. The first-order chi connectivity index (χ1) is 16.3. The first-order valence-electron chi connectivity index (χ1n) is 9.75. The van der Waals surface area contributed by atoms with Crippen molar-refractivity contribution in [2.24, 2.45) is 0 Å². The summed E-state index contributed by atoms with van der Waals surface area (Å²) in [6.45, 7) is 0.670. The van der Waals surface area contributed by atoms with Crippen molar-refractivity contribution in [1.29, 1.82) is 5.26 Å². The Kier molecular flexibility index (Phi) is 8.18. The summed E-state index contributed by atoms with van der Waals surface area (Å²) in [4.78, 5) is 16.1.